The zero-order chi connectivity index (χ0) is 8.32. The molecule has 0 atom stereocenters. The lowest BCUT2D eigenvalue weighted by Gasteiger charge is -1.97. The van der Waals surface area contributed by atoms with E-state index in [4.69, 9.17) is 5.21 Å². The van der Waals surface area contributed by atoms with Gasteiger partial charge in [-0.15, -0.1) is 0 Å². The summed E-state index contributed by atoms with van der Waals surface area (Å²) in [5.74, 6) is 0. The molecule has 0 fully saturated rings. The highest BCUT2D eigenvalue weighted by Gasteiger charge is 2.10. The monoisotopic (exact) mass is 174 g/mol. The Morgan fingerprint density at radius 1 is 1.55 bits per heavy atom. The van der Waals surface area contributed by atoms with Crippen LogP contribution >= 0.6 is 0 Å². The zero-order valence-electron chi connectivity index (χ0n) is 5.43. The molecule has 1 heterocycles. The van der Waals surface area contributed by atoms with Gasteiger partial charge in [-0.3, -0.25) is 4.98 Å². The number of rotatable bonds is 2. The first-order valence-corrected chi connectivity index (χ1v) is 4.21. The number of hydrogen-bond donors (Lipinski definition) is 2. The van der Waals surface area contributed by atoms with Gasteiger partial charge in [-0.1, -0.05) is 4.89 Å². The van der Waals surface area contributed by atoms with Gasteiger partial charge in [0.25, 0.3) is 10.0 Å². The van der Waals surface area contributed by atoms with Crippen LogP contribution in [-0.4, -0.2) is 18.6 Å². The van der Waals surface area contributed by atoms with Gasteiger partial charge in [0.1, 0.15) is 4.90 Å². The Labute approximate surface area is 63.7 Å². The third-order valence-corrected chi connectivity index (χ3v) is 2.17. The lowest BCUT2D eigenvalue weighted by molar-refractivity contribution is 0.242. The van der Waals surface area contributed by atoms with Crippen molar-refractivity contribution >= 4 is 10.0 Å². The Hall–Kier alpha value is -0.980. The van der Waals surface area contributed by atoms with Crippen molar-refractivity contribution in [1.29, 1.82) is 0 Å². The molecule has 2 N–H and O–H groups in total. The van der Waals surface area contributed by atoms with Gasteiger partial charge < -0.3 is 5.21 Å². The molecule has 0 aliphatic heterocycles. The number of sulfonamides is 1. The number of pyridine rings is 1. The molecular formula is C5H6N2O3S. The maximum atomic E-state index is 10.8. The largest absolute Gasteiger partial charge is 0.302 e. The Balaban J connectivity index is 3.14. The van der Waals surface area contributed by atoms with Crippen molar-refractivity contribution in [2.24, 2.45) is 0 Å². The first-order valence-electron chi connectivity index (χ1n) is 2.73. The highest BCUT2D eigenvalue weighted by atomic mass is 32.2. The van der Waals surface area contributed by atoms with Gasteiger partial charge in [-0.25, -0.2) is 8.42 Å². The number of nitrogens with zero attached hydrogens (tertiary/aromatic N) is 1. The van der Waals surface area contributed by atoms with Crippen molar-refractivity contribution in [3.05, 3.63) is 24.5 Å². The smallest absolute Gasteiger partial charge is 0.263 e. The van der Waals surface area contributed by atoms with Crippen LogP contribution in [0.3, 0.4) is 0 Å². The van der Waals surface area contributed by atoms with E-state index in [9.17, 15) is 8.42 Å². The Kier molecular flexibility index (Phi) is 2.18. The van der Waals surface area contributed by atoms with E-state index in [0.29, 0.717) is 0 Å². The molecule has 0 bridgehead atoms. The van der Waals surface area contributed by atoms with E-state index in [2.05, 4.69) is 4.98 Å². The summed E-state index contributed by atoms with van der Waals surface area (Å²) in [6, 6.07) is 2.79. The second-order valence-electron chi connectivity index (χ2n) is 1.78. The van der Waals surface area contributed by atoms with Gasteiger partial charge in [0.2, 0.25) is 0 Å². The Bertz CT molecular complexity index is 321. The number of hydrogen-bond acceptors (Lipinski definition) is 4. The van der Waals surface area contributed by atoms with E-state index < -0.39 is 10.0 Å². The molecule has 0 aromatic carbocycles. The van der Waals surface area contributed by atoms with Crippen molar-refractivity contribution in [2.45, 2.75) is 4.90 Å². The minimum absolute atomic E-state index is 0.0671. The zero-order valence-corrected chi connectivity index (χ0v) is 6.25. The molecule has 0 spiro atoms. The third-order valence-electron chi connectivity index (χ3n) is 1.06. The van der Waals surface area contributed by atoms with Crippen LogP contribution in [0.5, 0.6) is 0 Å². The van der Waals surface area contributed by atoms with Crippen LogP contribution in [0.15, 0.2) is 29.4 Å². The van der Waals surface area contributed by atoms with Gasteiger partial charge in [0.15, 0.2) is 0 Å². The highest BCUT2D eigenvalue weighted by Crippen LogP contribution is 2.03. The van der Waals surface area contributed by atoms with Gasteiger partial charge in [-0.05, 0) is 12.1 Å². The van der Waals surface area contributed by atoms with Crippen LogP contribution in [0.25, 0.3) is 0 Å². The first-order chi connectivity index (χ1) is 5.17. The van der Waals surface area contributed by atoms with Crippen molar-refractivity contribution in [3.63, 3.8) is 0 Å². The van der Waals surface area contributed by atoms with E-state index >= 15 is 0 Å². The van der Waals surface area contributed by atoms with Crippen LogP contribution in [0.1, 0.15) is 0 Å². The molecule has 0 radical (unpaired) electrons. The molecule has 60 valence electrons. The van der Waals surface area contributed by atoms with E-state index in [-0.39, 0.29) is 4.90 Å². The van der Waals surface area contributed by atoms with Gasteiger partial charge >= 0.3 is 0 Å². The summed E-state index contributed by atoms with van der Waals surface area (Å²) in [5.41, 5.74) is 0. The lowest BCUT2D eigenvalue weighted by atomic mass is 10.5. The molecule has 0 saturated carbocycles. The summed E-state index contributed by atoms with van der Waals surface area (Å²) >= 11 is 0. The molecule has 0 aliphatic rings. The van der Waals surface area contributed by atoms with Crippen molar-refractivity contribution < 1.29 is 13.6 Å². The molecule has 11 heavy (non-hydrogen) atoms. The van der Waals surface area contributed by atoms with Crippen LogP contribution in [0.4, 0.5) is 0 Å². The minimum atomic E-state index is -3.76. The summed E-state index contributed by atoms with van der Waals surface area (Å²) in [6.45, 7) is 0. The fraction of sp³-hybridized carbons (Fsp3) is 0. The molecule has 0 aliphatic carbocycles. The second kappa shape index (κ2) is 2.95. The summed E-state index contributed by atoms with van der Waals surface area (Å²) < 4.78 is 21.6. The SMILES string of the molecule is O=S(=O)(NO)c1cccnc1. The topological polar surface area (TPSA) is 79.3 Å². The first kappa shape index (κ1) is 8.12. The maximum absolute atomic E-state index is 10.8. The predicted molar refractivity (Wildman–Crippen MR) is 36.3 cm³/mol. The van der Waals surface area contributed by atoms with Gasteiger partial charge in [0.05, 0.1) is 0 Å². The normalized spacial score (nSPS) is 11.4. The summed E-state index contributed by atoms with van der Waals surface area (Å²) in [5, 5.41) is 8.18. The van der Waals surface area contributed by atoms with Crippen molar-refractivity contribution in [3.8, 4) is 0 Å². The summed E-state index contributed by atoms with van der Waals surface area (Å²) in [7, 11) is -3.76. The van der Waals surface area contributed by atoms with E-state index in [0.717, 1.165) is 6.20 Å². The third kappa shape index (κ3) is 1.73. The summed E-state index contributed by atoms with van der Waals surface area (Å²) in [4.78, 5) is 4.69. The van der Waals surface area contributed by atoms with Crippen LogP contribution in [-0.2, 0) is 10.0 Å². The molecule has 1 rings (SSSR count). The van der Waals surface area contributed by atoms with Gasteiger partial charge in [0, 0.05) is 12.4 Å². The fourth-order valence-electron chi connectivity index (χ4n) is 0.559. The molecular weight excluding hydrogens is 168 g/mol. The minimum Gasteiger partial charge on any atom is -0.302 e. The van der Waals surface area contributed by atoms with Crippen molar-refractivity contribution in [1.82, 2.24) is 9.87 Å². The number of aromatic nitrogens is 1. The predicted octanol–water partition coefficient (Wildman–Crippen LogP) is -0.251. The fourth-order valence-corrected chi connectivity index (χ4v) is 1.12. The molecule has 5 nitrogen and oxygen atoms in total. The molecule has 1 aromatic heterocycles. The molecule has 0 amide bonds. The molecule has 0 unspecified atom stereocenters. The number of nitrogens with one attached hydrogen (secondary N) is 1. The molecule has 1 aromatic rings. The standard InChI is InChI=1S/C5H6N2O3S/c8-7-11(9,10)5-2-1-3-6-4-5/h1-4,7-8H. The van der Waals surface area contributed by atoms with E-state index in [1.165, 1.54) is 23.2 Å². The van der Waals surface area contributed by atoms with Crippen molar-refractivity contribution in [2.75, 3.05) is 0 Å². The average Bonchev–Trinajstić information content (AvgIpc) is 2.06. The van der Waals surface area contributed by atoms with Crippen LogP contribution in [0, 0.1) is 0 Å². The van der Waals surface area contributed by atoms with E-state index in [1.54, 1.807) is 0 Å². The maximum Gasteiger partial charge on any atom is 0.263 e. The molecule has 0 saturated heterocycles. The second-order valence-corrected chi connectivity index (χ2v) is 3.44. The average molecular weight is 174 g/mol. The van der Waals surface area contributed by atoms with Crippen LogP contribution in [0.2, 0.25) is 0 Å². The Morgan fingerprint density at radius 2 is 2.27 bits per heavy atom. The van der Waals surface area contributed by atoms with E-state index in [1.807, 2.05) is 0 Å². The summed E-state index contributed by atoms with van der Waals surface area (Å²) in [6.07, 6.45) is 2.58. The Morgan fingerprint density at radius 3 is 2.73 bits per heavy atom. The van der Waals surface area contributed by atoms with Crippen LogP contribution < -0.4 is 4.89 Å². The molecule has 6 heteroatoms. The lowest BCUT2D eigenvalue weighted by Crippen LogP contribution is -2.19. The van der Waals surface area contributed by atoms with Gasteiger partial charge in [-0.2, -0.15) is 0 Å². The highest BCUT2D eigenvalue weighted by molar-refractivity contribution is 7.89. The quantitative estimate of drug-likeness (QED) is 0.606.